The van der Waals surface area contributed by atoms with E-state index in [9.17, 15) is 9.59 Å². The van der Waals surface area contributed by atoms with Crippen molar-refractivity contribution < 1.29 is 14.3 Å². The van der Waals surface area contributed by atoms with Gasteiger partial charge in [-0.3, -0.25) is 9.78 Å². The van der Waals surface area contributed by atoms with Crippen LogP contribution < -0.4 is 5.32 Å². The molecule has 2 heterocycles. The average Bonchev–Trinajstić information content (AvgIpc) is 2.99. The van der Waals surface area contributed by atoms with E-state index in [-0.39, 0.29) is 5.69 Å². The molecule has 0 spiro atoms. The largest absolute Gasteiger partial charge is 0.465 e. The fraction of sp³-hybridized carbons (Fsp3) is 0.200. The van der Waals surface area contributed by atoms with Crippen molar-refractivity contribution in [1.29, 1.82) is 0 Å². The lowest BCUT2D eigenvalue weighted by atomic mass is 9.97. The number of carbonyl (C=O) groups is 2. The number of methoxy groups -OCH3 is 1. The number of hydrogen-bond donors (Lipinski definition) is 1. The second-order valence-electron chi connectivity index (χ2n) is 6.07. The summed E-state index contributed by atoms with van der Waals surface area (Å²) in [6.45, 7) is 5.97. The van der Waals surface area contributed by atoms with Crippen molar-refractivity contribution in [2.45, 2.75) is 20.8 Å². The lowest BCUT2D eigenvalue weighted by Gasteiger charge is -2.09. The van der Waals surface area contributed by atoms with Crippen LogP contribution in [0.15, 0.2) is 36.8 Å². The highest BCUT2D eigenvalue weighted by Crippen LogP contribution is 2.41. The van der Waals surface area contributed by atoms with Gasteiger partial charge in [-0.05, 0) is 37.5 Å². The summed E-state index contributed by atoms with van der Waals surface area (Å²) in [4.78, 5) is 33.8. The minimum absolute atomic E-state index is 0.173. The van der Waals surface area contributed by atoms with Crippen LogP contribution in [0.4, 0.5) is 5.00 Å². The lowest BCUT2D eigenvalue weighted by Crippen LogP contribution is -2.15. The van der Waals surface area contributed by atoms with Gasteiger partial charge >= 0.3 is 5.97 Å². The molecule has 0 saturated heterocycles. The number of anilines is 1. The molecule has 0 bridgehead atoms. The number of esters is 1. The van der Waals surface area contributed by atoms with Gasteiger partial charge in [-0.1, -0.05) is 18.2 Å². The second kappa shape index (κ2) is 7.67. The predicted octanol–water partition coefficient (Wildman–Crippen LogP) is 4.17. The van der Waals surface area contributed by atoms with Crippen LogP contribution >= 0.6 is 11.3 Å². The minimum Gasteiger partial charge on any atom is -0.465 e. The van der Waals surface area contributed by atoms with Crippen molar-refractivity contribution in [3.63, 3.8) is 0 Å². The molecule has 3 rings (SSSR count). The molecule has 0 aliphatic rings. The van der Waals surface area contributed by atoms with Gasteiger partial charge in [0.1, 0.15) is 16.3 Å². The Bertz CT molecular complexity index is 1010. The monoisotopic (exact) mass is 381 g/mol. The molecule has 0 saturated carbocycles. The van der Waals surface area contributed by atoms with E-state index in [0.717, 1.165) is 21.6 Å². The molecule has 0 unspecified atom stereocenters. The third kappa shape index (κ3) is 3.73. The third-order valence-corrected chi connectivity index (χ3v) is 5.31. The Balaban J connectivity index is 2.09. The predicted molar refractivity (Wildman–Crippen MR) is 105 cm³/mol. The van der Waals surface area contributed by atoms with Gasteiger partial charge in [0.25, 0.3) is 5.91 Å². The van der Waals surface area contributed by atoms with Crippen molar-refractivity contribution in [2.24, 2.45) is 0 Å². The van der Waals surface area contributed by atoms with Gasteiger partial charge in [0.2, 0.25) is 0 Å². The average molecular weight is 381 g/mol. The van der Waals surface area contributed by atoms with Gasteiger partial charge in [-0.25, -0.2) is 9.78 Å². The number of carbonyl (C=O) groups excluding carboxylic acids is 2. The molecule has 0 aliphatic carbocycles. The van der Waals surface area contributed by atoms with E-state index in [1.165, 1.54) is 42.6 Å². The number of nitrogens with zero attached hydrogens (tertiary/aromatic N) is 2. The Kier molecular flexibility index (Phi) is 5.32. The zero-order chi connectivity index (χ0) is 19.6. The highest BCUT2D eigenvalue weighted by atomic mass is 32.1. The van der Waals surface area contributed by atoms with Crippen LogP contribution in [0, 0.1) is 20.8 Å². The molecule has 0 atom stereocenters. The molecule has 1 amide bonds. The van der Waals surface area contributed by atoms with E-state index < -0.39 is 11.9 Å². The number of hydrogen-bond acceptors (Lipinski definition) is 6. The maximum atomic E-state index is 12.5. The summed E-state index contributed by atoms with van der Waals surface area (Å²) in [7, 11) is 1.33. The van der Waals surface area contributed by atoms with Gasteiger partial charge < -0.3 is 10.1 Å². The number of nitrogens with one attached hydrogen (secondary N) is 1. The standard InChI is InChI=1S/C20H19N3O3S/c1-11-5-6-14(9-12(11)2)16-13(3)27-19(17(16)20(25)26-4)23-18(24)15-10-21-7-8-22-15/h5-10H,1-4H3,(H,23,24). The molecule has 0 radical (unpaired) electrons. The molecule has 138 valence electrons. The number of thiophene rings is 1. The van der Waals surface area contributed by atoms with Gasteiger partial charge in [0.05, 0.1) is 13.3 Å². The number of aryl methyl sites for hydroxylation is 3. The minimum atomic E-state index is -0.498. The quantitative estimate of drug-likeness (QED) is 0.686. The maximum Gasteiger partial charge on any atom is 0.341 e. The van der Waals surface area contributed by atoms with Crippen LogP contribution in [0.3, 0.4) is 0 Å². The first kappa shape index (κ1) is 18.7. The molecule has 27 heavy (non-hydrogen) atoms. The lowest BCUT2D eigenvalue weighted by molar-refractivity contribution is 0.0603. The van der Waals surface area contributed by atoms with Gasteiger partial charge in [-0.15, -0.1) is 11.3 Å². The van der Waals surface area contributed by atoms with Crippen LogP contribution in [-0.4, -0.2) is 29.0 Å². The zero-order valence-electron chi connectivity index (χ0n) is 15.5. The number of amides is 1. The topological polar surface area (TPSA) is 81.2 Å². The van der Waals surface area contributed by atoms with Crippen LogP contribution in [0.25, 0.3) is 11.1 Å². The summed E-state index contributed by atoms with van der Waals surface area (Å²) in [5.41, 5.74) is 4.49. The summed E-state index contributed by atoms with van der Waals surface area (Å²) in [5.74, 6) is -0.928. The number of aromatic nitrogens is 2. The number of ether oxygens (including phenoxy) is 1. The van der Waals surface area contributed by atoms with Gasteiger partial charge in [0, 0.05) is 22.8 Å². The summed E-state index contributed by atoms with van der Waals surface area (Å²) in [6, 6.07) is 6.02. The Morgan fingerprint density at radius 2 is 1.89 bits per heavy atom. The zero-order valence-corrected chi connectivity index (χ0v) is 16.3. The van der Waals surface area contributed by atoms with E-state index >= 15 is 0 Å². The summed E-state index contributed by atoms with van der Waals surface area (Å²) in [5, 5.41) is 3.21. The first-order chi connectivity index (χ1) is 12.9. The molecule has 0 fully saturated rings. The molecule has 2 aromatic heterocycles. The molecule has 6 nitrogen and oxygen atoms in total. The van der Waals surface area contributed by atoms with Crippen molar-refractivity contribution >= 4 is 28.2 Å². The Labute approximate surface area is 161 Å². The van der Waals surface area contributed by atoms with Gasteiger partial charge in [-0.2, -0.15) is 0 Å². The van der Waals surface area contributed by atoms with Crippen molar-refractivity contribution in [2.75, 3.05) is 12.4 Å². The van der Waals surface area contributed by atoms with Crippen molar-refractivity contribution in [3.8, 4) is 11.1 Å². The molecular formula is C20H19N3O3S. The first-order valence-corrected chi connectivity index (χ1v) is 9.10. The van der Waals surface area contributed by atoms with Crippen molar-refractivity contribution in [1.82, 2.24) is 9.97 Å². The smallest absolute Gasteiger partial charge is 0.341 e. The van der Waals surface area contributed by atoms with Crippen LogP contribution in [0.1, 0.15) is 36.9 Å². The number of rotatable bonds is 4. The van der Waals surface area contributed by atoms with E-state index in [4.69, 9.17) is 4.74 Å². The third-order valence-electron chi connectivity index (χ3n) is 4.29. The van der Waals surface area contributed by atoms with E-state index in [1.807, 2.05) is 39.0 Å². The molecule has 1 aromatic carbocycles. The molecule has 1 N–H and O–H groups in total. The fourth-order valence-electron chi connectivity index (χ4n) is 2.76. The van der Waals surface area contributed by atoms with Crippen molar-refractivity contribution in [3.05, 3.63) is 64.1 Å². The second-order valence-corrected chi connectivity index (χ2v) is 7.30. The molecule has 0 aliphatic heterocycles. The van der Waals surface area contributed by atoms with Gasteiger partial charge in [0.15, 0.2) is 0 Å². The summed E-state index contributed by atoms with van der Waals surface area (Å²) < 4.78 is 4.98. The van der Waals surface area contributed by atoms with Crippen LogP contribution in [0.2, 0.25) is 0 Å². The number of benzene rings is 1. The first-order valence-electron chi connectivity index (χ1n) is 8.29. The highest BCUT2D eigenvalue weighted by molar-refractivity contribution is 7.17. The summed E-state index contributed by atoms with van der Waals surface area (Å²) >= 11 is 1.33. The van der Waals surface area contributed by atoms with Crippen LogP contribution in [-0.2, 0) is 4.74 Å². The maximum absolute atomic E-state index is 12.5. The SMILES string of the molecule is COC(=O)c1c(NC(=O)c2cnccn2)sc(C)c1-c1ccc(C)c(C)c1. The molecule has 3 aromatic rings. The Morgan fingerprint density at radius 3 is 2.52 bits per heavy atom. The normalized spacial score (nSPS) is 10.5. The van der Waals surface area contributed by atoms with E-state index in [0.29, 0.717) is 10.6 Å². The molecular weight excluding hydrogens is 362 g/mol. The van der Waals surface area contributed by atoms with E-state index in [2.05, 4.69) is 15.3 Å². The van der Waals surface area contributed by atoms with Crippen LogP contribution in [0.5, 0.6) is 0 Å². The Hall–Kier alpha value is -3.06. The Morgan fingerprint density at radius 1 is 1.11 bits per heavy atom. The highest BCUT2D eigenvalue weighted by Gasteiger charge is 2.25. The van der Waals surface area contributed by atoms with E-state index in [1.54, 1.807) is 0 Å². The molecule has 7 heteroatoms. The summed E-state index contributed by atoms with van der Waals surface area (Å²) in [6.07, 6.45) is 4.30. The fourth-order valence-corrected chi connectivity index (χ4v) is 3.82.